The van der Waals surface area contributed by atoms with Crippen LogP contribution in [0.25, 0.3) is 0 Å². The van der Waals surface area contributed by atoms with Gasteiger partial charge in [-0.1, -0.05) is 35.9 Å². The van der Waals surface area contributed by atoms with Crippen LogP contribution in [0.5, 0.6) is 5.75 Å². The molecule has 1 heterocycles. The van der Waals surface area contributed by atoms with Crippen molar-refractivity contribution in [1.82, 2.24) is 10.2 Å². The third kappa shape index (κ3) is 4.07. The molecule has 0 aliphatic carbocycles. The van der Waals surface area contributed by atoms with Crippen molar-refractivity contribution in [3.63, 3.8) is 0 Å². The first-order valence-corrected chi connectivity index (χ1v) is 8.95. The van der Waals surface area contributed by atoms with Crippen molar-refractivity contribution in [3.8, 4) is 5.75 Å². The Morgan fingerprint density at radius 3 is 2.59 bits per heavy atom. The van der Waals surface area contributed by atoms with Crippen molar-refractivity contribution in [2.24, 2.45) is 0 Å². The van der Waals surface area contributed by atoms with Gasteiger partial charge in [0.1, 0.15) is 24.0 Å². The van der Waals surface area contributed by atoms with Crippen molar-refractivity contribution >= 4 is 23.5 Å². The number of benzene rings is 2. The monoisotopic (exact) mass is 388 g/mol. The van der Waals surface area contributed by atoms with Crippen LogP contribution < -0.4 is 10.1 Å². The van der Waals surface area contributed by atoms with E-state index in [4.69, 9.17) is 16.3 Å². The van der Waals surface area contributed by atoms with Gasteiger partial charge in [-0.05, 0) is 49.2 Å². The zero-order valence-electron chi connectivity index (χ0n) is 15.1. The van der Waals surface area contributed by atoms with E-state index >= 15 is 0 Å². The van der Waals surface area contributed by atoms with Crippen LogP contribution in [0.3, 0.4) is 0 Å². The lowest BCUT2D eigenvalue weighted by Gasteiger charge is -2.23. The van der Waals surface area contributed by atoms with Crippen LogP contribution in [0.2, 0.25) is 5.02 Å². The van der Waals surface area contributed by atoms with E-state index in [0.717, 1.165) is 10.5 Å². The number of nitrogens with zero attached hydrogens (tertiary/aromatic N) is 1. The normalized spacial score (nSPS) is 20.5. The summed E-state index contributed by atoms with van der Waals surface area (Å²) < 4.78 is 5.54. The SMILES string of the molecule is Cc1cccc(OC[C@H](O)CN2C(=O)N[C@@](C)(c3ccc(Cl)cc3)C2=O)c1. The first kappa shape index (κ1) is 19.2. The van der Waals surface area contributed by atoms with Crippen LogP contribution in [-0.4, -0.2) is 41.2 Å². The highest BCUT2D eigenvalue weighted by Crippen LogP contribution is 2.29. The first-order chi connectivity index (χ1) is 12.8. The number of aliphatic hydroxyl groups excluding tert-OH is 1. The molecular weight excluding hydrogens is 368 g/mol. The van der Waals surface area contributed by atoms with Crippen LogP contribution in [0.4, 0.5) is 4.79 Å². The Morgan fingerprint density at radius 2 is 1.93 bits per heavy atom. The lowest BCUT2D eigenvalue weighted by molar-refractivity contribution is -0.132. The van der Waals surface area contributed by atoms with Gasteiger partial charge >= 0.3 is 6.03 Å². The topological polar surface area (TPSA) is 78.9 Å². The Bertz CT molecular complexity index is 855. The zero-order chi connectivity index (χ0) is 19.6. The standard InChI is InChI=1S/C20H21ClN2O4/c1-13-4-3-5-17(10-13)27-12-16(24)11-23-18(25)20(2,22-19(23)26)14-6-8-15(21)9-7-14/h3-10,16,24H,11-12H2,1-2H3,(H,22,26)/t16-,20+/m1/s1. The highest BCUT2D eigenvalue weighted by molar-refractivity contribution is 6.30. The van der Waals surface area contributed by atoms with Crippen LogP contribution >= 0.6 is 11.6 Å². The molecule has 142 valence electrons. The van der Waals surface area contributed by atoms with Crippen molar-refractivity contribution in [2.45, 2.75) is 25.5 Å². The molecule has 3 amide bonds. The number of aliphatic hydroxyl groups is 1. The van der Waals surface area contributed by atoms with E-state index in [1.165, 1.54) is 0 Å². The predicted molar refractivity (Wildman–Crippen MR) is 102 cm³/mol. The molecule has 0 saturated carbocycles. The molecule has 2 atom stereocenters. The molecule has 6 nitrogen and oxygen atoms in total. The lowest BCUT2D eigenvalue weighted by Crippen LogP contribution is -2.42. The molecular formula is C20H21ClN2O4. The maximum Gasteiger partial charge on any atom is 0.325 e. The fourth-order valence-corrected chi connectivity index (χ4v) is 3.13. The molecule has 0 aromatic heterocycles. The summed E-state index contributed by atoms with van der Waals surface area (Å²) >= 11 is 5.89. The summed E-state index contributed by atoms with van der Waals surface area (Å²) in [6.07, 6.45) is -1.01. The van der Waals surface area contributed by atoms with Gasteiger partial charge in [0.15, 0.2) is 0 Å². The average Bonchev–Trinajstić information content (AvgIpc) is 2.85. The molecule has 3 rings (SSSR count). The second-order valence-electron chi connectivity index (χ2n) is 6.76. The maximum atomic E-state index is 12.8. The largest absolute Gasteiger partial charge is 0.491 e. The summed E-state index contributed by atoms with van der Waals surface area (Å²) in [5.41, 5.74) is 0.465. The molecule has 0 radical (unpaired) electrons. The van der Waals surface area contributed by atoms with Crippen molar-refractivity contribution in [3.05, 3.63) is 64.7 Å². The highest BCUT2D eigenvalue weighted by Gasteiger charge is 2.49. The van der Waals surface area contributed by atoms with E-state index in [-0.39, 0.29) is 13.2 Å². The van der Waals surface area contributed by atoms with Crippen molar-refractivity contribution < 1.29 is 19.4 Å². The Kier molecular flexibility index (Phi) is 5.39. The van der Waals surface area contributed by atoms with Crippen LogP contribution in [0.1, 0.15) is 18.1 Å². The molecule has 0 unspecified atom stereocenters. The Balaban J connectivity index is 1.65. The average molecular weight is 389 g/mol. The molecule has 1 aliphatic rings. The quantitative estimate of drug-likeness (QED) is 0.746. The van der Waals surface area contributed by atoms with E-state index in [9.17, 15) is 14.7 Å². The number of carbonyl (C=O) groups excluding carboxylic acids is 2. The molecule has 2 aromatic rings. The molecule has 0 spiro atoms. The number of aryl methyl sites for hydroxylation is 1. The number of halogens is 1. The van der Waals surface area contributed by atoms with Crippen LogP contribution in [-0.2, 0) is 10.3 Å². The van der Waals surface area contributed by atoms with Crippen LogP contribution in [0.15, 0.2) is 48.5 Å². The Labute approximate surface area is 162 Å². The third-order valence-electron chi connectivity index (χ3n) is 4.52. The smallest absolute Gasteiger partial charge is 0.325 e. The number of carbonyl (C=O) groups is 2. The van der Waals surface area contributed by atoms with Gasteiger partial charge in [-0.15, -0.1) is 0 Å². The molecule has 27 heavy (non-hydrogen) atoms. The molecule has 1 fully saturated rings. The van der Waals surface area contributed by atoms with Crippen molar-refractivity contribution in [1.29, 1.82) is 0 Å². The summed E-state index contributed by atoms with van der Waals surface area (Å²) in [7, 11) is 0. The number of hydrogen-bond donors (Lipinski definition) is 2. The zero-order valence-corrected chi connectivity index (χ0v) is 15.9. The summed E-state index contributed by atoms with van der Waals surface area (Å²) in [6, 6.07) is 13.6. The predicted octanol–water partition coefficient (Wildman–Crippen LogP) is 2.86. The second kappa shape index (κ2) is 7.58. The fourth-order valence-electron chi connectivity index (χ4n) is 3.00. The minimum Gasteiger partial charge on any atom is -0.491 e. The van der Waals surface area contributed by atoms with Gasteiger partial charge < -0.3 is 15.2 Å². The van der Waals surface area contributed by atoms with Gasteiger partial charge in [0, 0.05) is 5.02 Å². The Hall–Kier alpha value is -2.57. The number of amides is 3. The summed E-state index contributed by atoms with van der Waals surface area (Å²) in [4.78, 5) is 26.2. The number of ether oxygens (including phenoxy) is 1. The Morgan fingerprint density at radius 1 is 1.22 bits per heavy atom. The van der Waals surface area contributed by atoms with Gasteiger partial charge in [-0.2, -0.15) is 0 Å². The molecule has 1 saturated heterocycles. The van der Waals surface area contributed by atoms with Gasteiger partial charge in [0.25, 0.3) is 5.91 Å². The first-order valence-electron chi connectivity index (χ1n) is 8.57. The van der Waals surface area contributed by atoms with Crippen molar-refractivity contribution in [2.75, 3.05) is 13.2 Å². The number of rotatable bonds is 6. The number of nitrogens with one attached hydrogen (secondary N) is 1. The van der Waals surface area contributed by atoms with Crippen LogP contribution in [0, 0.1) is 6.92 Å². The van der Waals surface area contributed by atoms with Gasteiger partial charge in [-0.3, -0.25) is 9.69 Å². The summed E-state index contributed by atoms with van der Waals surface area (Å²) in [5.74, 6) is 0.196. The number of β-amino-alcohol motifs (C(OH)–C–C–N with tert-alkyl or cyclic N) is 1. The lowest BCUT2D eigenvalue weighted by atomic mass is 9.92. The second-order valence-corrected chi connectivity index (χ2v) is 7.20. The molecule has 2 aromatic carbocycles. The molecule has 0 bridgehead atoms. The molecule has 7 heteroatoms. The van der Waals surface area contributed by atoms with E-state index in [1.807, 2.05) is 25.1 Å². The molecule has 1 aliphatic heterocycles. The summed E-state index contributed by atoms with van der Waals surface area (Å²) in [6.45, 7) is 3.39. The summed E-state index contributed by atoms with van der Waals surface area (Å²) in [5, 5.41) is 13.5. The third-order valence-corrected chi connectivity index (χ3v) is 4.77. The number of urea groups is 1. The van der Waals surface area contributed by atoms with E-state index in [0.29, 0.717) is 16.3 Å². The minimum atomic E-state index is -1.20. The van der Waals surface area contributed by atoms with Gasteiger partial charge in [-0.25, -0.2) is 4.79 Å². The maximum absolute atomic E-state index is 12.8. The van der Waals surface area contributed by atoms with E-state index in [1.54, 1.807) is 37.3 Å². The van der Waals surface area contributed by atoms with E-state index < -0.39 is 23.6 Å². The number of imide groups is 1. The molecule has 2 N–H and O–H groups in total. The van der Waals surface area contributed by atoms with Gasteiger partial charge in [0.2, 0.25) is 0 Å². The minimum absolute atomic E-state index is 0.0296. The highest BCUT2D eigenvalue weighted by atomic mass is 35.5. The fraction of sp³-hybridized carbons (Fsp3) is 0.300. The number of hydrogen-bond acceptors (Lipinski definition) is 4. The van der Waals surface area contributed by atoms with E-state index in [2.05, 4.69) is 5.32 Å². The van der Waals surface area contributed by atoms with Gasteiger partial charge in [0.05, 0.1) is 6.54 Å².